The highest BCUT2D eigenvalue weighted by atomic mass is 16.5. The van der Waals surface area contributed by atoms with E-state index in [9.17, 15) is 19.8 Å². The lowest BCUT2D eigenvalue weighted by atomic mass is 9.95. The molecule has 0 aliphatic carbocycles. The summed E-state index contributed by atoms with van der Waals surface area (Å²) in [5, 5.41) is 20.1. The minimum atomic E-state index is -0.794. The monoisotopic (exact) mass is 353 g/mol. The molecule has 1 amide bonds. The summed E-state index contributed by atoms with van der Waals surface area (Å²) in [5.41, 5.74) is 1.07. The molecule has 6 nitrogen and oxygen atoms in total. The number of rotatable bonds is 5. The molecule has 0 aromatic heterocycles. The summed E-state index contributed by atoms with van der Waals surface area (Å²) in [6.45, 7) is -0.309. The lowest BCUT2D eigenvalue weighted by Gasteiger charge is -2.24. The van der Waals surface area contributed by atoms with Crippen molar-refractivity contribution in [2.45, 2.75) is 6.04 Å². The number of β-amino-alcohol motifs (C(OH)–C–C–N with tert-alkyl or cyclic N) is 1. The van der Waals surface area contributed by atoms with Gasteiger partial charge in [-0.3, -0.25) is 9.59 Å². The van der Waals surface area contributed by atoms with E-state index in [1.807, 2.05) is 0 Å². The van der Waals surface area contributed by atoms with Crippen molar-refractivity contribution in [3.05, 3.63) is 71.3 Å². The number of hydrogen-bond acceptors (Lipinski definition) is 5. The summed E-state index contributed by atoms with van der Waals surface area (Å²) in [6.07, 6.45) is 0. The van der Waals surface area contributed by atoms with Crippen LogP contribution in [0.5, 0.6) is 5.75 Å². The van der Waals surface area contributed by atoms with E-state index >= 15 is 0 Å². The third-order valence-electron chi connectivity index (χ3n) is 4.34. The molecular weight excluding hydrogens is 334 g/mol. The van der Waals surface area contributed by atoms with E-state index < -0.39 is 17.7 Å². The van der Waals surface area contributed by atoms with E-state index in [0.29, 0.717) is 16.9 Å². The predicted octanol–water partition coefficient (Wildman–Crippen LogP) is 2.11. The fourth-order valence-electron chi connectivity index (χ4n) is 3.13. The van der Waals surface area contributed by atoms with Gasteiger partial charge in [-0.15, -0.1) is 0 Å². The van der Waals surface area contributed by atoms with Crippen molar-refractivity contribution in [2.24, 2.45) is 0 Å². The van der Waals surface area contributed by atoms with Crippen LogP contribution in [0.2, 0.25) is 0 Å². The molecule has 0 saturated carbocycles. The number of methoxy groups -OCH3 is 1. The SMILES string of the molecule is COc1cccc([C@H]2C(=C(O)c3ccccc3)C(=O)C(=O)N2CCO)c1. The van der Waals surface area contributed by atoms with Crippen LogP contribution in [-0.4, -0.2) is 47.1 Å². The van der Waals surface area contributed by atoms with Gasteiger partial charge in [-0.25, -0.2) is 0 Å². The maximum Gasteiger partial charge on any atom is 0.295 e. The Bertz CT molecular complexity index is 860. The van der Waals surface area contributed by atoms with Crippen LogP contribution in [0, 0.1) is 0 Å². The van der Waals surface area contributed by atoms with Gasteiger partial charge in [0.05, 0.1) is 25.3 Å². The van der Waals surface area contributed by atoms with Crippen LogP contribution < -0.4 is 4.74 Å². The lowest BCUT2D eigenvalue weighted by Crippen LogP contribution is -2.32. The predicted molar refractivity (Wildman–Crippen MR) is 95.5 cm³/mol. The fourth-order valence-corrected chi connectivity index (χ4v) is 3.13. The minimum Gasteiger partial charge on any atom is -0.507 e. The second kappa shape index (κ2) is 7.41. The minimum absolute atomic E-state index is 0.00269. The van der Waals surface area contributed by atoms with Crippen molar-refractivity contribution < 1.29 is 24.5 Å². The van der Waals surface area contributed by atoms with Gasteiger partial charge in [0.1, 0.15) is 11.5 Å². The van der Waals surface area contributed by atoms with Crippen LogP contribution in [0.3, 0.4) is 0 Å². The largest absolute Gasteiger partial charge is 0.507 e. The molecule has 0 unspecified atom stereocenters. The van der Waals surface area contributed by atoms with Gasteiger partial charge in [-0.2, -0.15) is 0 Å². The Hall–Kier alpha value is -3.12. The van der Waals surface area contributed by atoms with E-state index in [2.05, 4.69) is 0 Å². The molecule has 1 atom stereocenters. The van der Waals surface area contributed by atoms with Crippen LogP contribution in [0.25, 0.3) is 5.76 Å². The number of benzene rings is 2. The normalized spacial score (nSPS) is 19.0. The zero-order valence-corrected chi connectivity index (χ0v) is 14.3. The average Bonchev–Trinajstić information content (AvgIpc) is 2.93. The van der Waals surface area contributed by atoms with Crippen molar-refractivity contribution >= 4 is 17.4 Å². The van der Waals surface area contributed by atoms with E-state index in [4.69, 9.17) is 4.74 Å². The van der Waals surface area contributed by atoms with Crippen molar-refractivity contribution in [3.8, 4) is 5.75 Å². The molecule has 2 N–H and O–H groups in total. The van der Waals surface area contributed by atoms with E-state index in [1.54, 1.807) is 54.6 Å². The molecule has 0 radical (unpaired) electrons. The Kier molecular flexibility index (Phi) is 5.04. The first-order valence-electron chi connectivity index (χ1n) is 8.17. The molecule has 2 aromatic carbocycles. The number of carbonyl (C=O) groups is 2. The quantitative estimate of drug-likeness (QED) is 0.488. The summed E-state index contributed by atoms with van der Waals surface area (Å²) in [5.74, 6) is -1.19. The molecule has 26 heavy (non-hydrogen) atoms. The van der Waals surface area contributed by atoms with Gasteiger partial charge in [-0.1, -0.05) is 42.5 Å². The number of aliphatic hydroxyl groups excluding tert-OH is 2. The lowest BCUT2D eigenvalue weighted by molar-refractivity contribution is -0.140. The molecule has 2 aromatic rings. The molecular formula is C20H19NO5. The number of nitrogens with zero attached hydrogens (tertiary/aromatic N) is 1. The van der Waals surface area contributed by atoms with E-state index in [1.165, 1.54) is 12.0 Å². The number of Topliss-reactive ketones (excluding diaryl/α,β-unsaturated/α-hetero) is 1. The molecule has 1 fully saturated rings. The highest BCUT2D eigenvalue weighted by molar-refractivity contribution is 6.46. The number of amides is 1. The van der Waals surface area contributed by atoms with Gasteiger partial charge in [0.25, 0.3) is 11.7 Å². The number of hydrogen-bond donors (Lipinski definition) is 2. The second-order valence-electron chi connectivity index (χ2n) is 5.86. The fraction of sp³-hybridized carbons (Fsp3) is 0.200. The number of aliphatic hydroxyl groups is 2. The van der Waals surface area contributed by atoms with E-state index in [0.717, 1.165) is 0 Å². The van der Waals surface area contributed by atoms with Crippen LogP contribution in [-0.2, 0) is 9.59 Å². The van der Waals surface area contributed by atoms with Crippen LogP contribution in [0.15, 0.2) is 60.2 Å². The molecule has 1 heterocycles. The Morgan fingerprint density at radius 2 is 1.85 bits per heavy atom. The van der Waals surface area contributed by atoms with Gasteiger partial charge in [0, 0.05) is 12.1 Å². The number of ether oxygens (including phenoxy) is 1. The van der Waals surface area contributed by atoms with E-state index in [-0.39, 0.29) is 24.5 Å². The maximum absolute atomic E-state index is 12.6. The molecule has 3 rings (SSSR count). The third kappa shape index (κ3) is 3.07. The molecule has 134 valence electrons. The molecule has 0 spiro atoms. The molecule has 1 aliphatic rings. The number of likely N-dealkylation sites (tertiary alicyclic amines) is 1. The zero-order valence-electron chi connectivity index (χ0n) is 14.3. The summed E-state index contributed by atoms with van der Waals surface area (Å²) < 4.78 is 5.23. The summed E-state index contributed by atoms with van der Waals surface area (Å²) in [7, 11) is 1.52. The Labute approximate surface area is 150 Å². The van der Waals surface area contributed by atoms with Crippen molar-refractivity contribution in [1.82, 2.24) is 4.90 Å². The summed E-state index contributed by atoms with van der Waals surface area (Å²) in [4.78, 5) is 26.4. The van der Waals surface area contributed by atoms with Crippen molar-refractivity contribution in [2.75, 3.05) is 20.3 Å². The standard InChI is InChI=1S/C20H19NO5/c1-26-15-9-5-8-14(12-15)17-16(18(23)13-6-3-2-4-7-13)19(24)20(25)21(17)10-11-22/h2-9,12,17,22-23H,10-11H2,1H3/t17-/m0/s1. The molecule has 6 heteroatoms. The highest BCUT2D eigenvalue weighted by Gasteiger charge is 2.45. The summed E-state index contributed by atoms with van der Waals surface area (Å²) in [6, 6.07) is 14.8. The smallest absolute Gasteiger partial charge is 0.295 e. The van der Waals surface area contributed by atoms with Gasteiger partial charge in [0.15, 0.2) is 0 Å². The van der Waals surface area contributed by atoms with Crippen molar-refractivity contribution in [1.29, 1.82) is 0 Å². The Morgan fingerprint density at radius 3 is 2.50 bits per heavy atom. The van der Waals surface area contributed by atoms with Crippen LogP contribution in [0.1, 0.15) is 17.2 Å². The van der Waals surface area contributed by atoms with Crippen molar-refractivity contribution in [3.63, 3.8) is 0 Å². The van der Waals surface area contributed by atoms with Crippen LogP contribution >= 0.6 is 0 Å². The highest BCUT2D eigenvalue weighted by Crippen LogP contribution is 2.39. The topological polar surface area (TPSA) is 87.1 Å². The zero-order chi connectivity index (χ0) is 18.7. The molecule has 0 bridgehead atoms. The summed E-state index contributed by atoms with van der Waals surface area (Å²) >= 11 is 0. The van der Waals surface area contributed by atoms with Gasteiger partial charge < -0.3 is 19.8 Å². The number of carbonyl (C=O) groups excluding carboxylic acids is 2. The van der Waals surface area contributed by atoms with Gasteiger partial charge >= 0.3 is 0 Å². The second-order valence-corrected chi connectivity index (χ2v) is 5.86. The number of ketones is 1. The average molecular weight is 353 g/mol. The first-order valence-corrected chi connectivity index (χ1v) is 8.17. The molecule has 1 aliphatic heterocycles. The first kappa shape index (κ1) is 17.7. The maximum atomic E-state index is 12.6. The van der Waals surface area contributed by atoms with Gasteiger partial charge in [-0.05, 0) is 17.7 Å². The molecule has 1 saturated heterocycles. The van der Waals surface area contributed by atoms with Crippen LogP contribution in [0.4, 0.5) is 0 Å². The first-order chi connectivity index (χ1) is 12.6. The Balaban J connectivity index is 2.19. The van der Waals surface area contributed by atoms with Gasteiger partial charge in [0.2, 0.25) is 0 Å². The third-order valence-corrected chi connectivity index (χ3v) is 4.34. The Morgan fingerprint density at radius 1 is 1.12 bits per heavy atom.